The van der Waals surface area contributed by atoms with Crippen molar-refractivity contribution < 1.29 is 13.9 Å². The van der Waals surface area contributed by atoms with Gasteiger partial charge in [0.25, 0.3) is 5.91 Å². The summed E-state index contributed by atoms with van der Waals surface area (Å²) >= 11 is 0. The van der Waals surface area contributed by atoms with Gasteiger partial charge in [-0.05, 0) is 42.3 Å². The second-order valence-electron chi connectivity index (χ2n) is 7.12. The lowest BCUT2D eigenvalue weighted by Crippen LogP contribution is -2.33. The Bertz CT molecular complexity index is 890. The van der Waals surface area contributed by atoms with E-state index in [4.69, 9.17) is 9.15 Å². The zero-order valence-electron chi connectivity index (χ0n) is 17.6. The number of carbonyl (C=O) groups is 1. The molecule has 0 radical (unpaired) electrons. The van der Waals surface area contributed by atoms with Crippen LogP contribution < -0.4 is 5.32 Å². The molecule has 3 rings (SSSR count). The first-order valence-corrected chi connectivity index (χ1v) is 10.3. The maximum Gasteiger partial charge on any atom is 0.289 e. The molecule has 30 heavy (non-hydrogen) atoms. The van der Waals surface area contributed by atoms with Gasteiger partial charge in [-0.3, -0.25) is 9.78 Å². The maximum atomic E-state index is 12.7. The van der Waals surface area contributed by atoms with Crippen molar-refractivity contribution in [2.24, 2.45) is 0 Å². The van der Waals surface area contributed by atoms with Crippen LogP contribution in [0.4, 0.5) is 0 Å². The van der Waals surface area contributed by atoms with Crippen molar-refractivity contribution in [2.45, 2.75) is 26.4 Å². The van der Waals surface area contributed by atoms with Gasteiger partial charge in [0.15, 0.2) is 5.76 Å². The highest BCUT2D eigenvalue weighted by atomic mass is 16.5. The summed E-state index contributed by atoms with van der Waals surface area (Å²) in [6.07, 6.45) is 4.54. The van der Waals surface area contributed by atoms with Crippen molar-refractivity contribution in [3.05, 3.63) is 77.9 Å². The minimum Gasteiger partial charge on any atom is -0.459 e. The standard InChI is InChI=1S/C24H29N3O3/c1-3-12-25-16-20-8-11-22(26-17-20)21-9-6-19(7-10-21)18-27(13-15-29-2)24(28)23-5-4-14-30-23/h4-11,14,17,25H,3,12-13,15-16,18H2,1-2H3. The molecule has 0 fully saturated rings. The molecule has 1 N–H and O–H groups in total. The Balaban J connectivity index is 1.65. The highest BCUT2D eigenvalue weighted by Gasteiger charge is 2.18. The van der Waals surface area contributed by atoms with Gasteiger partial charge in [0.1, 0.15) is 0 Å². The van der Waals surface area contributed by atoms with E-state index in [1.54, 1.807) is 24.1 Å². The van der Waals surface area contributed by atoms with Crippen molar-refractivity contribution in [3.8, 4) is 11.3 Å². The molecule has 3 aromatic rings. The number of methoxy groups -OCH3 is 1. The van der Waals surface area contributed by atoms with Crippen LogP contribution in [0.1, 0.15) is 35.0 Å². The van der Waals surface area contributed by atoms with E-state index in [1.807, 2.05) is 36.5 Å². The van der Waals surface area contributed by atoms with E-state index in [9.17, 15) is 4.79 Å². The average Bonchev–Trinajstić information content (AvgIpc) is 3.32. The summed E-state index contributed by atoms with van der Waals surface area (Å²) in [7, 11) is 1.63. The van der Waals surface area contributed by atoms with Crippen molar-refractivity contribution in [1.29, 1.82) is 0 Å². The Morgan fingerprint density at radius 2 is 1.93 bits per heavy atom. The molecule has 0 aliphatic heterocycles. The molecule has 0 saturated heterocycles. The number of nitrogens with one attached hydrogen (secondary N) is 1. The second-order valence-corrected chi connectivity index (χ2v) is 7.12. The Morgan fingerprint density at radius 3 is 2.57 bits per heavy atom. The first kappa shape index (κ1) is 21.7. The van der Waals surface area contributed by atoms with Gasteiger partial charge in [0, 0.05) is 38.5 Å². The van der Waals surface area contributed by atoms with Gasteiger partial charge in [-0.25, -0.2) is 0 Å². The Morgan fingerprint density at radius 1 is 1.13 bits per heavy atom. The summed E-state index contributed by atoms with van der Waals surface area (Å²) in [5, 5.41) is 3.38. The van der Waals surface area contributed by atoms with E-state index in [0.717, 1.165) is 36.3 Å². The van der Waals surface area contributed by atoms with Gasteiger partial charge in [0.05, 0.1) is 18.6 Å². The van der Waals surface area contributed by atoms with Crippen LogP contribution in [-0.4, -0.2) is 42.6 Å². The van der Waals surface area contributed by atoms with Gasteiger partial charge in [-0.1, -0.05) is 37.3 Å². The summed E-state index contributed by atoms with van der Waals surface area (Å²) in [6, 6.07) is 15.7. The number of benzene rings is 1. The predicted molar refractivity (Wildman–Crippen MR) is 117 cm³/mol. The van der Waals surface area contributed by atoms with Crippen molar-refractivity contribution >= 4 is 5.91 Å². The van der Waals surface area contributed by atoms with Crippen LogP contribution >= 0.6 is 0 Å². The monoisotopic (exact) mass is 407 g/mol. The van der Waals surface area contributed by atoms with Crippen LogP contribution in [0.3, 0.4) is 0 Å². The topological polar surface area (TPSA) is 67.6 Å². The molecule has 0 spiro atoms. The highest BCUT2D eigenvalue weighted by Crippen LogP contribution is 2.19. The third kappa shape index (κ3) is 6.02. The fraction of sp³-hybridized carbons (Fsp3) is 0.333. The van der Waals surface area contributed by atoms with Gasteiger partial charge in [-0.15, -0.1) is 0 Å². The SMILES string of the molecule is CCCNCc1ccc(-c2ccc(CN(CCOC)C(=O)c3ccco3)cc2)nc1. The molecule has 2 heterocycles. The molecule has 158 valence electrons. The molecular weight excluding hydrogens is 378 g/mol. The molecule has 6 nitrogen and oxygen atoms in total. The molecule has 0 bridgehead atoms. The Hall–Kier alpha value is -2.96. The highest BCUT2D eigenvalue weighted by molar-refractivity contribution is 5.91. The summed E-state index contributed by atoms with van der Waals surface area (Å²) in [4.78, 5) is 19.0. The normalized spacial score (nSPS) is 10.9. The number of aromatic nitrogens is 1. The smallest absolute Gasteiger partial charge is 0.289 e. The molecule has 6 heteroatoms. The molecule has 0 atom stereocenters. The predicted octanol–water partition coefficient (Wildman–Crippen LogP) is 4.13. The third-order valence-electron chi connectivity index (χ3n) is 4.79. The zero-order chi connectivity index (χ0) is 21.2. The largest absolute Gasteiger partial charge is 0.459 e. The number of furan rings is 1. The molecule has 0 saturated carbocycles. The summed E-state index contributed by atoms with van der Waals surface area (Å²) in [5.41, 5.74) is 4.19. The first-order valence-electron chi connectivity index (χ1n) is 10.3. The summed E-state index contributed by atoms with van der Waals surface area (Å²) in [6.45, 7) is 5.44. The van der Waals surface area contributed by atoms with Gasteiger partial charge >= 0.3 is 0 Å². The Kier molecular flexibility index (Phi) is 8.18. The number of amides is 1. The number of nitrogens with zero attached hydrogens (tertiary/aromatic N) is 2. The first-order chi connectivity index (χ1) is 14.7. The molecule has 2 aromatic heterocycles. The molecule has 0 aliphatic rings. The van der Waals surface area contributed by atoms with E-state index in [2.05, 4.69) is 23.3 Å². The van der Waals surface area contributed by atoms with Gasteiger partial charge in [0.2, 0.25) is 0 Å². The van der Waals surface area contributed by atoms with Crippen molar-refractivity contribution in [3.63, 3.8) is 0 Å². The zero-order valence-corrected chi connectivity index (χ0v) is 17.6. The molecular formula is C24H29N3O3. The van der Waals surface area contributed by atoms with E-state index < -0.39 is 0 Å². The van der Waals surface area contributed by atoms with E-state index in [0.29, 0.717) is 25.5 Å². The quantitative estimate of drug-likeness (QED) is 0.484. The second kappa shape index (κ2) is 11.3. The van der Waals surface area contributed by atoms with Gasteiger partial charge in [-0.2, -0.15) is 0 Å². The van der Waals surface area contributed by atoms with Gasteiger partial charge < -0.3 is 19.4 Å². The molecule has 1 aromatic carbocycles. The fourth-order valence-electron chi connectivity index (χ4n) is 3.12. The average molecular weight is 408 g/mol. The number of carbonyl (C=O) groups excluding carboxylic acids is 1. The minimum atomic E-state index is -0.143. The third-order valence-corrected chi connectivity index (χ3v) is 4.79. The van der Waals surface area contributed by atoms with E-state index in [-0.39, 0.29) is 5.91 Å². The molecule has 0 aliphatic carbocycles. The molecule has 1 amide bonds. The number of hydrogen-bond donors (Lipinski definition) is 1. The van der Waals surface area contributed by atoms with Crippen LogP contribution in [0, 0.1) is 0 Å². The fourth-order valence-corrected chi connectivity index (χ4v) is 3.12. The maximum absolute atomic E-state index is 12.7. The molecule has 0 unspecified atom stereocenters. The number of hydrogen-bond acceptors (Lipinski definition) is 5. The van der Waals surface area contributed by atoms with Crippen LogP contribution in [0.2, 0.25) is 0 Å². The van der Waals surface area contributed by atoms with Crippen LogP contribution in [0.25, 0.3) is 11.3 Å². The van der Waals surface area contributed by atoms with Crippen molar-refractivity contribution in [1.82, 2.24) is 15.2 Å². The van der Waals surface area contributed by atoms with E-state index in [1.165, 1.54) is 11.8 Å². The lowest BCUT2D eigenvalue weighted by molar-refractivity contribution is 0.0649. The van der Waals surface area contributed by atoms with Crippen LogP contribution in [0.15, 0.2) is 65.4 Å². The van der Waals surface area contributed by atoms with Crippen LogP contribution in [-0.2, 0) is 17.8 Å². The number of ether oxygens (including phenoxy) is 1. The number of rotatable bonds is 11. The van der Waals surface area contributed by atoms with E-state index >= 15 is 0 Å². The lowest BCUT2D eigenvalue weighted by atomic mass is 10.1. The van der Waals surface area contributed by atoms with Crippen LogP contribution in [0.5, 0.6) is 0 Å². The summed E-state index contributed by atoms with van der Waals surface area (Å²) < 4.78 is 10.4. The Labute approximate surface area is 177 Å². The van der Waals surface area contributed by atoms with Crippen molar-refractivity contribution in [2.75, 3.05) is 26.8 Å². The summed E-state index contributed by atoms with van der Waals surface area (Å²) in [5.74, 6) is 0.190. The minimum absolute atomic E-state index is 0.143. The number of pyridine rings is 1. The lowest BCUT2D eigenvalue weighted by Gasteiger charge is -2.21.